The number of rotatable bonds is 8. The fourth-order valence-electron chi connectivity index (χ4n) is 2.60. The standard InChI is InChI=1S/C18H25NS/c1-3-19-13-18(8-7-16-9-10-20-14-16)12-17-6-4-5-15(2)11-17/h4-6,9-11,14,18-19H,3,7-8,12-13H2,1-2H3. The van der Waals surface area contributed by atoms with Crippen molar-refractivity contribution in [2.24, 2.45) is 5.92 Å². The van der Waals surface area contributed by atoms with Gasteiger partial charge in [0.1, 0.15) is 0 Å². The van der Waals surface area contributed by atoms with Crippen LogP contribution in [0.15, 0.2) is 41.1 Å². The van der Waals surface area contributed by atoms with Gasteiger partial charge in [-0.1, -0.05) is 36.8 Å². The van der Waals surface area contributed by atoms with Gasteiger partial charge in [0, 0.05) is 0 Å². The van der Waals surface area contributed by atoms with E-state index in [2.05, 4.69) is 60.3 Å². The largest absolute Gasteiger partial charge is 0.317 e. The first kappa shape index (κ1) is 15.3. The van der Waals surface area contributed by atoms with Crippen molar-refractivity contribution in [3.05, 3.63) is 57.8 Å². The smallest absolute Gasteiger partial charge is 0.00173 e. The predicted octanol–water partition coefficient (Wildman–Crippen LogP) is 4.46. The lowest BCUT2D eigenvalue weighted by Crippen LogP contribution is -2.24. The molecule has 20 heavy (non-hydrogen) atoms. The van der Waals surface area contributed by atoms with Crippen molar-refractivity contribution >= 4 is 11.3 Å². The lowest BCUT2D eigenvalue weighted by atomic mass is 9.93. The summed E-state index contributed by atoms with van der Waals surface area (Å²) in [7, 11) is 0. The van der Waals surface area contributed by atoms with Gasteiger partial charge in [0.25, 0.3) is 0 Å². The third-order valence-electron chi connectivity index (χ3n) is 3.71. The average Bonchev–Trinajstić information content (AvgIpc) is 2.95. The van der Waals surface area contributed by atoms with Gasteiger partial charge in [0.05, 0.1) is 0 Å². The van der Waals surface area contributed by atoms with Crippen LogP contribution < -0.4 is 5.32 Å². The molecule has 0 aliphatic heterocycles. The highest BCUT2D eigenvalue weighted by Gasteiger charge is 2.10. The van der Waals surface area contributed by atoms with Crippen molar-refractivity contribution in [3.8, 4) is 0 Å². The van der Waals surface area contributed by atoms with Crippen LogP contribution in [-0.4, -0.2) is 13.1 Å². The van der Waals surface area contributed by atoms with Crippen molar-refractivity contribution in [2.45, 2.75) is 33.1 Å². The Kier molecular flexibility index (Phi) is 6.28. The van der Waals surface area contributed by atoms with E-state index in [4.69, 9.17) is 0 Å². The molecule has 0 spiro atoms. The second-order valence-electron chi connectivity index (χ2n) is 5.54. The van der Waals surface area contributed by atoms with E-state index in [-0.39, 0.29) is 0 Å². The Morgan fingerprint density at radius 3 is 2.80 bits per heavy atom. The zero-order chi connectivity index (χ0) is 14.2. The molecule has 0 radical (unpaired) electrons. The van der Waals surface area contributed by atoms with E-state index < -0.39 is 0 Å². The molecule has 1 unspecified atom stereocenters. The van der Waals surface area contributed by atoms with Gasteiger partial charge in [-0.2, -0.15) is 11.3 Å². The van der Waals surface area contributed by atoms with E-state index >= 15 is 0 Å². The van der Waals surface area contributed by atoms with Crippen LogP contribution in [0.2, 0.25) is 0 Å². The number of aryl methyl sites for hydroxylation is 2. The maximum absolute atomic E-state index is 3.52. The molecule has 1 aromatic heterocycles. The maximum atomic E-state index is 3.52. The molecule has 1 atom stereocenters. The normalized spacial score (nSPS) is 12.5. The minimum absolute atomic E-state index is 0.719. The van der Waals surface area contributed by atoms with Crippen LogP contribution in [0.1, 0.15) is 30.0 Å². The molecule has 0 aliphatic rings. The molecule has 0 aliphatic carbocycles. The summed E-state index contributed by atoms with van der Waals surface area (Å²) in [6.07, 6.45) is 3.64. The highest BCUT2D eigenvalue weighted by atomic mass is 32.1. The Balaban J connectivity index is 1.92. The Morgan fingerprint density at radius 1 is 1.20 bits per heavy atom. The summed E-state index contributed by atoms with van der Waals surface area (Å²) >= 11 is 1.80. The molecular formula is C18H25NS. The summed E-state index contributed by atoms with van der Waals surface area (Å²) in [5, 5.41) is 7.97. The van der Waals surface area contributed by atoms with Crippen LogP contribution in [-0.2, 0) is 12.8 Å². The summed E-state index contributed by atoms with van der Waals surface area (Å²) in [5.41, 5.74) is 4.32. The summed E-state index contributed by atoms with van der Waals surface area (Å²) < 4.78 is 0. The second-order valence-corrected chi connectivity index (χ2v) is 6.32. The second kappa shape index (κ2) is 8.23. The van der Waals surface area contributed by atoms with Gasteiger partial charge in [0.15, 0.2) is 0 Å². The average molecular weight is 287 g/mol. The van der Waals surface area contributed by atoms with Gasteiger partial charge < -0.3 is 5.32 Å². The van der Waals surface area contributed by atoms with E-state index in [1.165, 1.54) is 36.0 Å². The minimum atomic E-state index is 0.719. The number of hydrogen-bond donors (Lipinski definition) is 1. The van der Waals surface area contributed by atoms with E-state index in [1.807, 2.05) is 0 Å². The van der Waals surface area contributed by atoms with Gasteiger partial charge in [0.2, 0.25) is 0 Å². The van der Waals surface area contributed by atoms with Crippen molar-refractivity contribution in [3.63, 3.8) is 0 Å². The first-order valence-corrected chi connectivity index (χ1v) is 8.49. The summed E-state index contributed by atoms with van der Waals surface area (Å²) in [5.74, 6) is 0.719. The first-order valence-electron chi connectivity index (χ1n) is 7.55. The Labute approximate surface area is 127 Å². The van der Waals surface area contributed by atoms with Crippen LogP contribution >= 0.6 is 11.3 Å². The van der Waals surface area contributed by atoms with Gasteiger partial charge in [-0.3, -0.25) is 0 Å². The third kappa shape index (κ3) is 5.10. The monoisotopic (exact) mass is 287 g/mol. The highest BCUT2D eigenvalue weighted by Crippen LogP contribution is 2.17. The van der Waals surface area contributed by atoms with Gasteiger partial charge in [-0.15, -0.1) is 0 Å². The molecule has 0 saturated carbocycles. The zero-order valence-corrected chi connectivity index (χ0v) is 13.4. The van der Waals surface area contributed by atoms with Crippen LogP contribution in [0.4, 0.5) is 0 Å². The van der Waals surface area contributed by atoms with E-state index in [0.29, 0.717) is 0 Å². The molecule has 2 aromatic rings. The molecule has 0 fully saturated rings. The molecular weight excluding hydrogens is 262 g/mol. The van der Waals surface area contributed by atoms with Crippen LogP contribution in [0.25, 0.3) is 0 Å². The third-order valence-corrected chi connectivity index (χ3v) is 4.44. The summed E-state index contributed by atoms with van der Waals surface area (Å²) in [6.45, 7) is 6.54. The zero-order valence-electron chi connectivity index (χ0n) is 12.6. The predicted molar refractivity (Wildman–Crippen MR) is 89.6 cm³/mol. The number of nitrogens with one attached hydrogen (secondary N) is 1. The molecule has 1 heterocycles. The Morgan fingerprint density at radius 2 is 2.10 bits per heavy atom. The SMILES string of the molecule is CCNCC(CCc1ccsc1)Cc1cccc(C)c1. The van der Waals surface area contributed by atoms with Crippen LogP contribution in [0.3, 0.4) is 0 Å². The van der Waals surface area contributed by atoms with E-state index in [9.17, 15) is 0 Å². The first-order chi connectivity index (χ1) is 9.78. The molecule has 1 nitrogen and oxygen atoms in total. The molecule has 2 rings (SSSR count). The lowest BCUT2D eigenvalue weighted by molar-refractivity contribution is 0.449. The molecule has 0 bridgehead atoms. The summed E-state index contributed by atoms with van der Waals surface area (Å²) in [4.78, 5) is 0. The molecule has 1 N–H and O–H groups in total. The van der Waals surface area contributed by atoms with Crippen LogP contribution in [0, 0.1) is 12.8 Å². The number of thiophene rings is 1. The molecule has 0 amide bonds. The van der Waals surface area contributed by atoms with Crippen molar-refractivity contribution in [1.82, 2.24) is 5.32 Å². The van der Waals surface area contributed by atoms with Crippen molar-refractivity contribution in [2.75, 3.05) is 13.1 Å². The lowest BCUT2D eigenvalue weighted by Gasteiger charge is -2.17. The van der Waals surface area contributed by atoms with E-state index in [0.717, 1.165) is 19.0 Å². The fraction of sp³-hybridized carbons (Fsp3) is 0.444. The molecule has 108 valence electrons. The summed E-state index contributed by atoms with van der Waals surface area (Å²) in [6, 6.07) is 11.2. The van der Waals surface area contributed by atoms with Crippen molar-refractivity contribution < 1.29 is 0 Å². The number of benzene rings is 1. The van der Waals surface area contributed by atoms with Gasteiger partial charge in [-0.25, -0.2) is 0 Å². The van der Waals surface area contributed by atoms with E-state index in [1.54, 1.807) is 11.3 Å². The van der Waals surface area contributed by atoms with Gasteiger partial charge in [-0.05, 0) is 73.1 Å². The quantitative estimate of drug-likeness (QED) is 0.756. The van der Waals surface area contributed by atoms with Gasteiger partial charge >= 0.3 is 0 Å². The molecule has 0 saturated heterocycles. The maximum Gasteiger partial charge on any atom is -0.00173 e. The topological polar surface area (TPSA) is 12.0 Å². The highest BCUT2D eigenvalue weighted by molar-refractivity contribution is 7.07. The molecule has 1 aromatic carbocycles. The van der Waals surface area contributed by atoms with Crippen molar-refractivity contribution in [1.29, 1.82) is 0 Å². The molecule has 2 heteroatoms. The Hall–Kier alpha value is -1.12. The Bertz CT molecular complexity index is 490. The minimum Gasteiger partial charge on any atom is -0.317 e. The van der Waals surface area contributed by atoms with Crippen LogP contribution in [0.5, 0.6) is 0 Å². The number of hydrogen-bond acceptors (Lipinski definition) is 2. The fourth-order valence-corrected chi connectivity index (χ4v) is 3.31.